The number of hydrogen-bond acceptors (Lipinski definition) is 4. The molecule has 2 rings (SSSR count). The summed E-state index contributed by atoms with van der Waals surface area (Å²) >= 11 is 0. The molecular weight excluding hydrogens is 330 g/mol. The van der Waals surface area contributed by atoms with E-state index in [2.05, 4.69) is 29.0 Å². The average Bonchev–Trinajstić information content (AvgIpc) is 3.06. The number of pyridine rings is 1. The molecule has 0 radical (unpaired) electrons. The Balaban J connectivity index is 2.11. The van der Waals surface area contributed by atoms with Gasteiger partial charge in [-0.1, -0.05) is 20.8 Å². The maximum Gasteiger partial charge on any atom is 0.287 e. The van der Waals surface area contributed by atoms with Crippen LogP contribution < -0.4 is 10.7 Å². The Morgan fingerprint density at radius 1 is 1.23 bits per heavy atom. The molecule has 2 aromatic heterocycles. The van der Waals surface area contributed by atoms with Crippen molar-refractivity contribution in [2.24, 2.45) is 0 Å². The molecule has 0 unspecified atom stereocenters. The number of aryl methyl sites for hydroxylation is 2. The Morgan fingerprint density at radius 2 is 1.92 bits per heavy atom. The lowest BCUT2D eigenvalue weighted by Gasteiger charge is -2.17. The van der Waals surface area contributed by atoms with Gasteiger partial charge in [-0.2, -0.15) is 0 Å². The van der Waals surface area contributed by atoms with Crippen molar-refractivity contribution in [3.8, 4) is 0 Å². The fourth-order valence-electron chi connectivity index (χ4n) is 2.94. The summed E-state index contributed by atoms with van der Waals surface area (Å²) in [5, 5.41) is 2.83. The smallest absolute Gasteiger partial charge is 0.287 e. The minimum Gasteiger partial charge on any atom is -0.456 e. The van der Waals surface area contributed by atoms with Crippen LogP contribution in [0.5, 0.6) is 0 Å². The van der Waals surface area contributed by atoms with Gasteiger partial charge in [-0.25, -0.2) is 0 Å². The first-order valence-electron chi connectivity index (χ1n) is 9.21. The zero-order valence-electron chi connectivity index (χ0n) is 16.4. The highest BCUT2D eigenvalue weighted by Gasteiger charge is 2.17. The molecular formula is C20H29N3O3. The van der Waals surface area contributed by atoms with Gasteiger partial charge in [-0.05, 0) is 33.0 Å². The van der Waals surface area contributed by atoms with E-state index in [1.54, 1.807) is 20.0 Å². The van der Waals surface area contributed by atoms with Crippen LogP contribution in [0.25, 0.3) is 0 Å². The molecule has 26 heavy (non-hydrogen) atoms. The largest absolute Gasteiger partial charge is 0.456 e. The van der Waals surface area contributed by atoms with Crippen LogP contribution in [-0.2, 0) is 19.5 Å². The predicted molar refractivity (Wildman–Crippen MR) is 102 cm³/mol. The second kappa shape index (κ2) is 8.85. The standard InChI is InChI=1S/C20H29N3O3/c1-6-17-15(12-23(7-2)8-3)9-18(26-17)20(25)22-11-16-14(5)19(24)13(4)10-21-16/h9-10H,6-8,11-12H2,1-5H3,(H,21,24)(H,22,25). The third-order valence-corrected chi connectivity index (χ3v) is 4.77. The van der Waals surface area contributed by atoms with Crippen LogP contribution in [0.3, 0.4) is 0 Å². The maximum atomic E-state index is 12.5. The average molecular weight is 359 g/mol. The number of hydrogen-bond donors (Lipinski definition) is 2. The van der Waals surface area contributed by atoms with E-state index in [0.29, 0.717) is 22.6 Å². The summed E-state index contributed by atoms with van der Waals surface area (Å²) in [7, 11) is 0. The van der Waals surface area contributed by atoms with Crippen molar-refractivity contribution in [3.05, 3.63) is 56.4 Å². The Labute approximate surface area is 154 Å². The van der Waals surface area contributed by atoms with Gasteiger partial charge in [0.15, 0.2) is 11.2 Å². The third-order valence-electron chi connectivity index (χ3n) is 4.77. The molecule has 0 atom stereocenters. The summed E-state index contributed by atoms with van der Waals surface area (Å²) in [6.45, 7) is 12.7. The molecule has 142 valence electrons. The topological polar surface area (TPSA) is 78.3 Å². The monoisotopic (exact) mass is 359 g/mol. The van der Waals surface area contributed by atoms with Crippen LogP contribution in [0, 0.1) is 13.8 Å². The molecule has 0 aliphatic carbocycles. The van der Waals surface area contributed by atoms with E-state index in [9.17, 15) is 9.59 Å². The summed E-state index contributed by atoms with van der Waals surface area (Å²) in [6, 6.07) is 1.83. The van der Waals surface area contributed by atoms with E-state index in [4.69, 9.17) is 4.42 Å². The molecule has 0 spiro atoms. The first-order chi connectivity index (χ1) is 12.4. The van der Waals surface area contributed by atoms with Crippen molar-refractivity contribution in [1.82, 2.24) is 15.2 Å². The number of H-pyrrole nitrogens is 1. The van der Waals surface area contributed by atoms with Crippen molar-refractivity contribution >= 4 is 5.91 Å². The summed E-state index contributed by atoms with van der Waals surface area (Å²) in [4.78, 5) is 29.8. The van der Waals surface area contributed by atoms with E-state index >= 15 is 0 Å². The van der Waals surface area contributed by atoms with Crippen LogP contribution >= 0.6 is 0 Å². The van der Waals surface area contributed by atoms with Crippen LogP contribution in [0.15, 0.2) is 21.5 Å². The van der Waals surface area contributed by atoms with Crippen LogP contribution in [0.1, 0.15) is 59.5 Å². The zero-order valence-corrected chi connectivity index (χ0v) is 16.4. The molecule has 0 aliphatic rings. The predicted octanol–water partition coefficient (Wildman–Crippen LogP) is 2.92. The molecule has 6 heteroatoms. The number of aromatic amines is 1. The summed E-state index contributed by atoms with van der Waals surface area (Å²) < 4.78 is 5.77. The first kappa shape index (κ1) is 20.0. The lowest BCUT2D eigenvalue weighted by Crippen LogP contribution is -2.25. The Morgan fingerprint density at radius 3 is 2.54 bits per heavy atom. The van der Waals surface area contributed by atoms with E-state index in [1.807, 2.05) is 13.0 Å². The Kier molecular flexibility index (Phi) is 6.80. The number of carbonyl (C=O) groups excluding carboxylic acids is 1. The van der Waals surface area contributed by atoms with Gasteiger partial charge in [0.25, 0.3) is 5.91 Å². The molecule has 6 nitrogen and oxygen atoms in total. The molecule has 0 bridgehead atoms. The van der Waals surface area contributed by atoms with Crippen LogP contribution in [-0.4, -0.2) is 28.9 Å². The zero-order chi connectivity index (χ0) is 19.3. The number of amides is 1. The van der Waals surface area contributed by atoms with E-state index in [1.165, 1.54) is 0 Å². The van der Waals surface area contributed by atoms with E-state index in [-0.39, 0.29) is 17.9 Å². The van der Waals surface area contributed by atoms with Gasteiger partial charge in [0.1, 0.15) is 5.76 Å². The van der Waals surface area contributed by atoms with Gasteiger partial charge in [0.05, 0.1) is 6.54 Å². The van der Waals surface area contributed by atoms with Gasteiger partial charge in [-0.15, -0.1) is 0 Å². The van der Waals surface area contributed by atoms with Gasteiger partial charge < -0.3 is 14.7 Å². The number of carbonyl (C=O) groups is 1. The second-order valence-corrected chi connectivity index (χ2v) is 6.46. The second-order valence-electron chi connectivity index (χ2n) is 6.46. The minimum atomic E-state index is -0.272. The highest BCUT2D eigenvalue weighted by molar-refractivity contribution is 5.91. The molecule has 0 fully saturated rings. The fraction of sp³-hybridized carbons (Fsp3) is 0.500. The van der Waals surface area contributed by atoms with E-state index < -0.39 is 0 Å². The van der Waals surface area contributed by atoms with Crippen molar-refractivity contribution < 1.29 is 9.21 Å². The quantitative estimate of drug-likeness (QED) is 0.760. The molecule has 0 saturated heterocycles. The number of aromatic nitrogens is 1. The summed E-state index contributed by atoms with van der Waals surface area (Å²) in [6.07, 6.45) is 2.41. The summed E-state index contributed by atoms with van der Waals surface area (Å²) in [5.74, 6) is 0.893. The highest BCUT2D eigenvalue weighted by Crippen LogP contribution is 2.18. The minimum absolute atomic E-state index is 0.000718. The van der Waals surface area contributed by atoms with Gasteiger partial charge in [0.2, 0.25) is 0 Å². The van der Waals surface area contributed by atoms with Crippen molar-refractivity contribution in [2.45, 2.75) is 54.1 Å². The number of nitrogens with one attached hydrogen (secondary N) is 2. The SMILES string of the molecule is CCc1oc(C(=O)NCc2[nH]cc(C)c(=O)c2C)cc1CN(CC)CC. The van der Waals surface area contributed by atoms with Gasteiger partial charge in [0, 0.05) is 41.5 Å². The number of nitrogens with zero attached hydrogens (tertiary/aromatic N) is 1. The highest BCUT2D eigenvalue weighted by atomic mass is 16.4. The Hall–Kier alpha value is -2.34. The molecule has 0 aromatic carbocycles. The fourth-order valence-corrected chi connectivity index (χ4v) is 2.94. The molecule has 0 saturated carbocycles. The maximum absolute atomic E-state index is 12.5. The lowest BCUT2D eigenvalue weighted by molar-refractivity contribution is 0.0921. The normalized spacial score (nSPS) is 11.2. The Bertz CT molecular complexity index is 816. The first-order valence-corrected chi connectivity index (χ1v) is 9.21. The van der Waals surface area contributed by atoms with Gasteiger partial charge >= 0.3 is 0 Å². The third kappa shape index (κ3) is 4.43. The number of rotatable bonds is 8. The molecule has 2 aromatic rings. The van der Waals surface area contributed by atoms with Crippen molar-refractivity contribution in [2.75, 3.05) is 13.1 Å². The number of furan rings is 1. The van der Waals surface area contributed by atoms with Crippen LogP contribution in [0.2, 0.25) is 0 Å². The van der Waals surface area contributed by atoms with Gasteiger partial charge in [-0.3, -0.25) is 14.5 Å². The van der Waals surface area contributed by atoms with E-state index in [0.717, 1.165) is 37.4 Å². The molecule has 2 heterocycles. The molecule has 1 amide bonds. The van der Waals surface area contributed by atoms with Crippen molar-refractivity contribution in [3.63, 3.8) is 0 Å². The summed E-state index contributed by atoms with van der Waals surface area (Å²) in [5.41, 5.74) is 3.06. The molecule has 2 N–H and O–H groups in total. The molecule has 0 aliphatic heterocycles. The van der Waals surface area contributed by atoms with Crippen LogP contribution in [0.4, 0.5) is 0 Å². The van der Waals surface area contributed by atoms with Crippen molar-refractivity contribution in [1.29, 1.82) is 0 Å². The lowest BCUT2D eigenvalue weighted by atomic mass is 10.1.